The van der Waals surface area contributed by atoms with Crippen molar-refractivity contribution in [1.82, 2.24) is 9.80 Å². The molecule has 1 aliphatic rings. The highest BCUT2D eigenvalue weighted by Crippen LogP contribution is 2.13. The average Bonchev–Trinajstić information content (AvgIpc) is 2.62. The van der Waals surface area contributed by atoms with Crippen LogP contribution >= 0.6 is 0 Å². The molecule has 0 bridgehead atoms. The van der Waals surface area contributed by atoms with Gasteiger partial charge in [0.15, 0.2) is 6.61 Å². The molecule has 0 spiro atoms. The molecule has 0 N–H and O–H groups in total. The van der Waals surface area contributed by atoms with Gasteiger partial charge in [-0.25, -0.2) is 4.39 Å². The number of nitrogens with zero attached hydrogens (tertiary/aromatic N) is 2. The second kappa shape index (κ2) is 8.12. The van der Waals surface area contributed by atoms with Crippen LogP contribution in [0.1, 0.15) is 11.1 Å². The van der Waals surface area contributed by atoms with Gasteiger partial charge in [0.25, 0.3) is 5.91 Å². The third kappa shape index (κ3) is 5.03. The van der Waals surface area contributed by atoms with Crippen LogP contribution in [0.5, 0.6) is 5.75 Å². The maximum Gasteiger partial charge on any atom is 0.260 e. The molecule has 0 unspecified atom stereocenters. The van der Waals surface area contributed by atoms with E-state index in [-0.39, 0.29) is 18.3 Å². The Hall–Kier alpha value is -2.40. The number of amides is 1. The minimum absolute atomic E-state index is 0.00554. The maximum atomic E-state index is 13.3. The summed E-state index contributed by atoms with van der Waals surface area (Å²) in [5.74, 6) is 0.509. The van der Waals surface area contributed by atoms with Crippen LogP contribution < -0.4 is 4.74 Å². The van der Waals surface area contributed by atoms with Crippen LogP contribution in [0.2, 0.25) is 0 Å². The lowest BCUT2D eigenvalue weighted by Crippen LogP contribution is -2.49. The Balaban J connectivity index is 1.43. The van der Waals surface area contributed by atoms with Crippen LogP contribution in [0, 0.1) is 12.7 Å². The molecule has 0 radical (unpaired) electrons. The zero-order valence-corrected chi connectivity index (χ0v) is 14.5. The second-order valence-electron chi connectivity index (χ2n) is 6.39. The minimum atomic E-state index is -0.209. The van der Waals surface area contributed by atoms with Crippen molar-refractivity contribution in [2.24, 2.45) is 0 Å². The Labute approximate surface area is 147 Å². The number of benzene rings is 2. The van der Waals surface area contributed by atoms with Crippen molar-refractivity contribution < 1.29 is 13.9 Å². The molecule has 1 saturated heterocycles. The summed E-state index contributed by atoms with van der Waals surface area (Å²) in [4.78, 5) is 16.3. The molecule has 2 aromatic carbocycles. The Morgan fingerprint density at radius 2 is 1.80 bits per heavy atom. The number of piperazine rings is 1. The van der Waals surface area contributed by atoms with Crippen LogP contribution in [0.25, 0.3) is 0 Å². The third-order valence-electron chi connectivity index (χ3n) is 4.40. The standard InChI is InChI=1S/C20H23FN2O2/c1-16-5-7-19(8-6-16)25-15-20(24)23-11-9-22(10-12-23)14-17-3-2-4-18(21)13-17/h2-8,13H,9-12,14-15H2,1H3. The molecule has 0 saturated carbocycles. The SMILES string of the molecule is Cc1ccc(OCC(=O)N2CCN(Cc3cccc(F)c3)CC2)cc1. The lowest BCUT2D eigenvalue weighted by atomic mass is 10.2. The van der Waals surface area contributed by atoms with Crippen molar-refractivity contribution in [2.75, 3.05) is 32.8 Å². The highest BCUT2D eigenvalue weighted by atomic mass is 19.1. The Kier molecular flexibility index (Phi) is 5.66. The molecule has 4 nitrogen and oxygen atoms in total. The normalized spacial score (nSPS) is 15.2. The van der Waals surface area contributed by atoms with Gasteiger partial charge in [0.1, 0.15) is 11.6 Å². The van der Waals surface area contributed by atoms with E-state index in [1.54, 1.807) is 12.1 Å². The summed E-state index contributed by atoms with van der Waals surface area (Å²) in [5.41, 5.74) is 2.12. The quantitative estimate of drug-likeness (QED) is 0.838. The molecule has 0 atom stereocenters. The van der Waals surface area contributed by atoms with Crippen LogP contribution in [-0.2, 0) is 11.3 Å². The number of ether oxygens (including phenoxy) is 1. The van der Waals surface area contributed by atoms with Crippen LogP contribution in [0.4, 0.5) is 4.39 Å². The topological polar surface area (TPSA) is 32.8 Å². The summed E-state index contributed by atoms with van der Waals surface area (Å²) in [6, 6.07) is 14.3. The third-order valence-corrected chi connectivity index (χ3v) is 4.40. The number of hydrogen-bond donors (Lipinski definition) is 0. The second-order valence-corrected chi connectivity index (χ2v) is 6.39. The number of aryl methyl sites for hydroxylation is 1. The number of hydrogen-bond acceptors (Lipinski definition) is 3. The molecule has 25 heavy (non-hydrogen) atoms. The van der Waals surface area contributed by atoms with Crippen LogP contribution in [-0.4, -0.2) is 48.5 Å². The van der Waals surface area contributed by atoms with Crippen molar-refractivity contribution in [1.29, 1.82) is 0 Å². The fourth-order valence-corrected chi connectivity index (χ4v) is 2.92. The highest BCUT2D eigenvalue weighted by Gasteiger charge is 2.21. The molecule has 3 rings (SSSR count). The highest BCUT2D eigenvalue weighted by molar-refractivity contribution is 5.77. The zero-order chi connectivity index (χ0) is 17.6. The van der Waals surface area contributed by atoms with Crippen molar-refractivity contribution in [3.05, 3.63) is 65.5 Å². The van der Waals surface area contributed by atoms with E-state index in [1.165, 1.54) is 6.07 Å². The number of halogens is 1. The summed E-state index contributed by atoms with van der Waals surface area (Å²) in [6.07, 6.45) is 0. The summed E-state index contributed by atoms with van der Waals surface area (Å²) in [6.45, 7) is 5.70. The average molecular weight is 342 g/mol. The van der Waals surface area contributed by atoms with Crippen molar-refractivity contribution in [3.8, 4) is 5.75 Å². The zero-order valence-electron chi connectivity index (χ0n) is 14.5. The van der Waals surface area contributed by atoms with Gasteiger partial charge in [-0.3, -0.25) is 9.69 Å². The molecule has 1 aliphatic heterocycles. The Morgan fingerprint density at radius 1 is 1.08 bits per heavy atom. The van der Waals surface area contributed by atoms with Crippen LogP contribution in [0.15, 0.2) is 48.5 Å². The van der Waals surface area contributed by atoms with Gasteiger partial charge in [-0.2, -0.15) is 0 Å². The first-order valence-corrected chi connectivity index (χ1v) is 8.54. The number of carbonyl (C=O) groups excluding carboxylic acids is 1. The van der Waals surface area contributed by atoms with Gasteiger partial charge in [0, 0.05) is 32.7 Å². The van der Waals surface area contributed by atoms with E-state index in [0.717, 1.165) is 24.2 Å². The molecule has 1 amide bonds. The first-order valence-electron chi connectivity index (χ1n) is 8.54. The van der Waals surface area contributed by atoms with Crippen molar-refractivity contribution in [2.45, 2.75) is 13.5 Å². The fourth-order valence-electron chi connectivity index (χ4n) is 2.92. The van der Waals surface area contributed by atoms with E-state index < -0.39 is 0 Å². The summed E-state index contributed by atoms with van der Waals surface area (Å²) < 4.78 is 18.8. The summed E-state index contributed by atoms with van der Waals surface area (Å²) in [7, 11) is 0. The lowest BCUT2D eigenvalue weighted by molar-refractivity contribution is -0.135. The lowest BCUT2D eigenvalue weighted by Gasteiger charge is -2.34. The van der Waals surface area contributed by atoms with Crippen LogP contribution in [0.3, 0.4) is 0 Å². The van der Waals surface area contributed by atoms with E-state index in [4.69, 9.17) is 4.74 Å². The number of rotatable bonds is 5. The molecule has 0 aliphatic carbocycles. The van der Waals surface area contributed by atoms with Gasteiger partial charge < -0.3 is 9.64 Å². The van der Waals surface area contributed by atoms with Gasteiger partial charge in [-0.15, -0.1) is 0 Å². The predicted octanol–water partition coefficient (Wildman–Crippen LogP) is 2.86. The molecule has 1 heterocycles. The molecule has 1 fully saturated rings. The van der Waals surface area contributed by atoms with E-state index in [0.29, 0.717) is 25.4 Å². The first-order chi connectivity index (χ1) is 12.1. The summed E-state index contributed by atoms with van der Waals surface area (Å²) in [5, 5.41) is 0. The first kappa shape index (κ1) is 17.4. The van der Waals surface area contributed by atoms with Crippen molar-refractivity contribution >= 4 is 5.91 Å². The molecule has 5 heteroatoms. The van der Waals surface area contributed by atoms with Gasteiger partial charge in [-0.1, -0.05) is 29.8 Å². The fraction of sp³-hybridized carbons (Fsp3) is 0.350. The Bertz CT molecular complexity index is 710. The van der Waals surface area contributed by atoms with Gasteiger partial charge in [0.2, 0.25) is 0 Å². The van der Waals surface area contributed by atoms with E-state index in [1.807, 2.05) is 42.2 Å². The predicted molar refractivity (Wildman–Crippen MR) is 94.9 cm³/mol. The monoisotopic (exact) mass is 342 g/mol. The van der Waals surface area contributed by atoms with Gasteiger partial charge in [-0.05, 0) is 36.8 Å². The molecule has 0 aromatic heterocycles. The largest absolute Gasteiger partial charge is 0.484 e. The van der Waals surface area contributed by atoms with E-state index in [9.17, 15) is 9.18 Å². The van der Waals surface area contributed by atoms with E-state index in [2.05, 4.69) is 4.90 Å². The molecular formula is C20H23FN2O2. The molecule has 132 valence electrons. The number of carbonyl (C=O) groups is 1. The molecule has 2 aromatic rings. The van der Waals surface area contributed by atoms with E-state index >= 15 is 0 Å². The van der Waals surface area contributed by atoms with Crippen molar-refractivity contribution in [3.63, 3.8) is 0 Å². The smallest absolute Gasteiger partial charge is 0.260 e. The van der Waals surface area contributed by atoms with Gasteiger partial charge in [0.05, 0.1) is 0 Å². The molecular weight excluding hydrogens is 319 g/mol. The minimum Gasteiger partial charge on any atom is -0.484 e. The maximum absolute atomic E-state index is 13.3. The Morgan fingerprint density at radius 3 is 2.48 bits per heavy atom. The summed E-state index contributed by atoms with van der Waals surface area (Å²) >= 11 is 0. The van der Waals surface area contributed by atoms with Gasteiger partial charge >= 0.3 is 0 Å².